The molecule has 0 aliphatic heterocycles. The van der Waals surface area contributed by atoms with E-state index >= 15 is 0 Å². The molecule has 1 rings (SSSR count). The van der Waals surface area contributed by atoms with Gasteiger partial charge in [0, 0.05) is 10.5 Å². The molecule has 0 saturated heterocycles. The third-order valence-electron chi connectivity index (χ3n) is 3.05. The van der Waals surface area contributed by atoms with Crippen LogP contribution in [0.2, 0.25) is 0 Å². The summed E-state index contributed by atoms with van der Waals surface area (Å²) in [6, 6.07) is 5.48. The third kappa shape index (κ3) is 5.17. The van der Waals surface area contributed by atoms with Gasteiger partial charge >= 0.3 is 0 Å². The molecule has 0 aliphatic rings. The van der Waals surface area contributed by atoms with Gasteiger partial charge in [0.2, 0.25) is 0 Å². The number of rotatable bonds is 7. The molecule has 1 aromatic rings. The summed E-state index contributed by atoms with van der Waals surface area (Å²) in [5.74, 6) is -0.151. The highest BCUT2D eigenvalue weighted by molar-refractivity contribution is 9.10. The van der Waals surface area contributed by atoms with E-state index in [0.29, 0.717) is 6.04 Å². The van der Waals surface area contributed by atoms with Crippen LogP contribution in [0.3, 0.4) is 0 Å². The summed E-state index contributed by atoms with van der Waals surface area (Å²) in [5, 5.41) is 3.33. The second-order valence-corrected chi connectivity index (χ2v) is 5.26. The number of nitrogens with one attached hydrogen (secondary N) is 1. The van der Waals surface area contributed by atoms with Crippen LogP contribution in [0.25, 0.3) is 0 Å². The van der Waals surface area contributed by atoms with Crippen molar-refractivity contribution in [2.45, 2.75) is 45.1 Å². The lowest BCUT2D eigenvalue weighted by Gasteiger charge is -2.15. The number of benzene rings is 1. The maximum Gasteiger partial charge on any atom is 0.123 e. The van der Waals surface area contributed by atoms with E-state index < -0.39 is 0 Å². The van der Waals surface area contributed by atoms with Gasteiger partial charge in [-0.25, -0.2) is 4.39 Å². The first kappa shape index (κ1) is 14.7. The Morgan fingerprint density at radius 3 is 2.76 bits per heavy atom. The molecule has 1 unspecified atom stereocenters. The second kappa shape index (κ2) is 7.83. The van der Waals surface area contributed by atoms with Crippen LogP contribution in [-0.2, 0) is 6.42 Å². The first-order chi connectivity index (χ1) is 8.17. The maximum atomic E-state index is 13.1. The number of aryl methyl sites for hydroxylation is 1. The standard InChI is InChI=1S/C14H21BrFN/c1-3-5-13(17-2)7-4-6-11-10-12(16)8-9-14(11)15/h8-10,13,17H,3-7H2,1-2H3. The summed E-state index contributed by atoms with van der Waals surface area (Å²) in [4.78, 5) is 0. The molecular formula is C14H21BrFN. The van der Waals surface area contributed by atoms with Crippen LogP contribution in [0.15, 0.2) is 22.7 Å². The highest BCUT2D eigenvalue weighted by Gasteiger charge is 2.06. The van der Waals surface area contributed by atoms with Crippen LogP contribution in [0.5, 0.6) is 0 Å². The molecule has 0 radical (unpaired) electrons. The Balaban J connectivity index is 2.42. The van der Waals surface area contributed by atoms with E-state index in [9.17, 15) is 4.39 Å². The van der Waals surface area contributed by atoms with Gasteiger partial charge in [0.15, 0.2) is 0 Å². The Morgan fingerprint density at radius 2 is 2.12 bits per heavy atom. The lowest BCUT2D eigenvalue weighted by Crippen LogP contribution is -2.24. The average molecular weight is 302 g/mol. The molecule has 0 heterocycles. The zero-order chi connectivity index (χ0) is 12.7. The van der Waals surface area contributed by atoms with Gasteiger partial charge < -0.3 is 5.32 Å². The Kier molecular flexibility index (Phi) is 6.75. The number of hydrogen-bond donors (Lipinski definition) is 1. The van der Waals surface area contributed by atoms with Gasteiger partial charge in [-0.1, -0.05) is 29.3 Å². The molecule has 1 atom stereocenters. The molecule has 1 nitrogen and oxygen atoms in total. The monoisotopic (exact) mass is 301 g/mol. The molecule has 0 fully saturated rings. The number of halogens is 2. The maximum absolute atomic E-state index is 13.1. The van der Waals surface area contributed by atoms with Crippen molar-refractivity contribution in [3.63, 3.8) is 0 Å². The van der Waals surface area contributed by atoms with E-state index in [2.05, 4.69) is 28.2 Å². The summed E-state index contributed by atoms with van der Waals surface area (Å²) in [5.41, 5.74) is 1.07. The molecule has 96 valence electrons. The Bertz CT molecular complexity index is 341. The Hall–Kier alpha value is -0.410. The van der Waals surface area contributed by atoms with E-state index in [0.717, 1.165) is 29.3 Å². The van der Waals surface area contributed by atoms with Crippen LogP contribution in [0, 0.1) is 5.82 Å². The van der Waals surface area contributed by atoms with Gasteiger partial charge in [0.05, 0.1) is 0 Å². The zero-order valence-corrected chi connectivity index (χ0v) is 12.2. The summed E-state index contributed by atoms with van der Waals surface area (Å²) in [6.07, 6.45) is 5.58. The largest absolute Gasteiger partial charge is 0.317 e. The fourth-order valence-corrected chi connectivity index (χ4v) is 2.50. The van der Waals surface area contributed by atoms with Crippen LogP contribution in [0.1, 0.15) is 38.2 Å². The molecular weight excluding hydrogens is 281 g/mol. The summed E-state index contributed by atoms with van der Waals surface area (Å²) in [7, 11) is 2.01. The molecule has 0 spiro atoms. The van der Waals surface area contributed by atoms with Crippen LogP contribution in [0.4, 0.5) is 4.39 Å². The molecule has 0 aliphatic carbocycles. The van der Waals surface area contributed by atoms with Crippen molar-refractivity contribution in [2.24, 2.45) is 0 Å². The molecule has 1 aromatic carbocycles. The predicted molar refractivity (Wildman–Crippen MR) is 74.8 cm³/mol. The van der Waals surface area contributed by atoms with E-state index in [1.807, 2.05) is 7.05 Å². The fraction of sp³-hybridized carbons (Fsp3) is 0.571. The minimum Gasteiger partial charge on any atom is -0.317 e. The van der Waals surface area contributed by atoms with Crippen molar-refractivity contribution in [1.29, 1.82) is 0 Å². The van der Waals surface area contributed by atoms with Crippen molar-refractivity contribution in [3.05, 3.63) is 34.1 Å². The molecule has 17 heavy (non-hydrogen) atoms. The fourth-order valence-electron chi connectivity index (χ4n) is 2.06. The van der Waals surface area contributed by atoms with E-state index in [1.54, 1.807) is 12.1 Å². The van der Waals surface area contributed by atoms with Crippen molar-refractivity contribution < 1.29 is 4.39 Å². The molecule has 0 bridgehead atoms. The zero-order valence-electron chi connectivity index (χ0n) is 10.6. The van der Waals surface area contributed by atoms with Gasteiger partial charge in [-0.05, 0) is 56.5 Å². The third-order valence-corrected chi connectivity index (χ3v) is 3.83. The molecule has 3 heteroatoms. The quantitative estimate of drug-likeness (QED) is 0.792. The second-order valence-electron chi connectivity index (χ2n) is 4.40. The van der Waals surface area contributed by atoms with E-state index in [1.165, 1.54) is 18.9 Å². The molecule has 0 amide bonds. The van der Waals surface area contributed by atoms with Gasteiger partial charge in [0.25, 0.3) is 0 Å². The van der Waals surface area contributed by atoms with Gasteiger partial charge in [-0.2, -0.15) is 0 Å². The van der Waals surface area contributed by atoms with Crippen LogP contribution in [-0.4, -0.2) is 13.1 Å². The lowest BCUT2D eigenvalue weighted by atomic mass is 10.0. The van der Waals surface area contributed by atoms with Gasteiger partial charge in [0.1, 0.15) is 5.82 Å². The van der Waals surface area contributed by atoms with E-state index in [4.69, 9.17) is 0 Å². The molecule has 0 saturated carbocycles. The normalized spacial score (nSPS) is 12.7. The predicted octanol–water partition coefficient (Wildman–Crippen LogP) is 4.30. The molecule has 1 N–H and O–H groups in total. The van der Waals surface area contributed by atoms with Crippen LogP contribution < -0.4 is 5.32 Å². The Morgan fingerprint density at radius 1 is 1.35 bits per heavy atom. The summed E-state index contributed by atoms with van der Waals surface area (Å²) in [6.45, 7) is 2.20. The summed E-state index contributed by atoms with van der Waals surface area (Å²) >= 11 is 3.46. The summed E-state index contributed by atoms with van der Waals surface area (Å²) < 4.78 is 14.1. The van der Waals surface area contributed by atoms with Crippen molar-refractivity contribution in [1.82, 2.24) is 5.32 Å². The Labute approximate surface area is 112 Å². The average Bonchev–Trinajstić information content (AvgIpc) is 2.32. The van der Waals surface area contributed by atoms with Crippen molar-refractivity contribution >= 4 is 15.9 Å². The van der Waals surface area contributed by atoms with Crippen molar-refractivity contribution in [3.8, 4) is 0 Å². The SMILES string of the molecule is CCCC(CCCc1cc(F)ccc1Br)NC. The van der Waals surface area contributed by atoms with E-state index in [-0.39, 0.29) is 5.82 Å². The lowest BCUT2D eigenvalue weighted by molar-refractivity contribution is 0.469. The first-order valence-corrected chi connectivity index (χ1v) is 7.07. The van der Waals surface area contributed by atoms with Crippen molar-refractivity contribution in [2.75, 3.05) is 7.05 Å². The highest BCUT2D eigenvalue weighted by atomic mass is 79.9. The smallest absolute Gasteiger partial charge is 0.123 e. The first-order valence-electron chi connectivity index (χ1n) is 6.28. The number of hydrogen-bond acceptors (Lipinski definition) is 1. The molecule has 0 aromatic heterocycles. The van der Waals surface area contributed by atoms with Gasteiger partial charge in [-0.15, -0.1) is 0 Å². The highest BCUT2D eigenvalue weighted by Crippen LogP contribution is 2.20. The minimum atomic E-state index is -0.151. The van der Waals surface area contributed by atoms with Gasteiger partial charge in [-0.3, -0.25) is 0 Å². The van der Waals surface area contributed by atoms with Crippen LogP contribution >= 0.6 is 15.9 Å². The minimum absolute atomic E-state index is 0.151. The topological polar surface area (TPSA) is 12.0 Å².